The van der Waals surface area contributed by atoms with Gasteiger partial charge in [0.1, 0.15) is 12.3 Å². The smallest absolute Gasteiger partial charge is 0.329 e. The second-order valence-electron chi connectivity index (χ2n) is 7.17. The third-order valence-electron chi connectivity index (χ3n) is 5.10. The van der Waals surface area contributed by atoms with Gasteiger partial charge in [0.05, 0.1) is 30.4 Å². The van der Waals surface area contributed by atoms with Crippen molar-refractivity contribution in [1.29, 1.82) is 0 Å². The summed E-state index contributed by atoms with van der Waals surface area (Å²) in [7, 11) is 1.53. The normalized spacial score (nSPS) is 10.8. The first-order valence-corrected chi connectivity index (χ1v) is 10.4. The largest absolute Gasteiger partial charge is 0.495 e. The van der Waals surface area contributed by atoms with Crippen molar-refractivity contribution in [3.05, 3.63) is 59.0 Å². The molecule has 0 saturated heterocycles. The van der Waals surface area contributed by atoms with Gasteiger partial charge in [0.25, 0.3) is 0 Å². The lowest BCUT2D eigenvalue weighted by atomic mass is 10.3. The Morgan fingerprint density at radius 2 is 1.65 bits per heavy atom. The summed E-state index contributed by atoms with van der Waals surface area (Å²) in [6, 6.07) is 14.5. The summed E-state index contributed by atoms with van der Waals surface area (Å²) in [5, 5.41) is 2.79. The Balaban J connectivity index is 1.78. The van der Waals surface area contributed by atoms with Crippen molar-refractivity contribution in [2.24, 2.45) is 0 Å². The fourth-order valence-corrected chi connectivity index (χ4v) is 3.64. The van der Waals surface area contributed by atoms with Crippen LogP contribution >= 0.6 is 0 Å². The summed E-state index contributed by atoms with van der Waals surface area (Å²) < 4.78 is 8.37. The fraction of sp³-hybridized carbons (Fsp3) is 0.348. The molecule has 0 aliphatic carbocycles. The molecule has 0 atom stereocenters. The van der Waals surface area contributed by atoms with Crippen molar-refractivity contribution in [2.45, 2.75) is 33.4 Å². The van der Waals surface area contributed by atoms with Crippen LogP contribution in [0.4, 0.5) is 5.69 Å². The molecular formula is C23H28N4O4. The maximum Gasteiger partial charge on any atom is 0.329 e. The average Bonchev–Trinajstić information content (AvgIpc) is 3.04. The molecule has 3 rings (SSSR count). The van der Waals surface area contributed by atoms with Gasteiger partial charge in [0.2, 0.25) is 11.8 Å². The maximum atomic E-state index is 13.1. The number of imidazole rings is 1. The summed E-state index contributed by atoms with van der Waals surface area (Å²) in [6.45, 7) is 4.54. The van der Waals surface area contributed by atoms with Crippen LogP contribution in [0.1, 0.15) is 20.3 Å². The van der Waals surface area contributed by atoms with E-state index < -0.39 is 0 Å². The first-order valence-electron chi connectivity index (χ1n) is 10.4. The van der Waals surface area contributed by atoms with E-state index in [1.54, 1.807) is 22.8 Å². The number of hydrogen-bond acceptors (Lipinski definition) is 4. The molecule has 2 amide bonds. The highest BCUT2D eigenvalue weighted by Gasteiger charge is 2.21. The molecule has 164 valence electrons. The summed E-state index contributed by atoms with van der Waals surface area (Å²) in [6.07, 6.45) is 0.694. The van der Waals surface area contributed by atoms with E-state index in [0.717, 1.165) is 5.52 Å². The lowest BCUT2D eigenvalue weighted by Gasteiger charge is -2.22. The number of benzene rings is 2. The van der Waals surface area contributed by atoms with E-state index in [1.807, 2.05) is 44.2 Å². The zero-order valence-electron chi connectivity index (χ0n) is 18.1. The highest BCUT2D eigenvalue weighted by atomic mass is 16.5. The molecule has 3 aromatic rings. The molecule has 0 aliphatic rings. The molecule has 1 N–H and O–H groups in total. The molecule has 0 spiro atoms. The van der Waals surface area contributed by atoms with Gasteiger partial charge in [0, 0.05) is 13.1 Å². The van der Waals surface area contributed by atoms with E-state index in [9.17, 15) is 14.4 Å². The lowest BCUT2D eigenvalue weighted by molar-refractivity contribution is -0.135. The molecule has 0 saturated carbocycles. The van der Waals surface area contributed by atoms with Crippen LogP contribution in [0.25, 0.3) is 11.0 Å². The van der Waals surface area contributed by atoms with E-state index in [1.165, 1.54) is 16.6 Å². The van der Waals surface area contributed by atoms with E-state index in [0.29, 0.717) is 36.5 Å². The highest BCUT2D eigenvalue weighted by molar-refractivity contribution is 5.95. The highest BCUT2D eigenvalue weighted by Crippen LogP contribution is 2.23. The van der Waals surface area contributed by atoms with Gasteiger partial charge >= 0.3 is 5.69 Å². The molecule has 31 heavy (non-hydrogen) atoms. The maximum absolute atomic E-state index is 13.1. The number of carbonyl (C=O) groups excluding carboxylic acids is 2. The van der Waals surface area contributed by atoms with Crippen LogP contribution in [0, 0.1) is 0 Å². The van der Waals surface area contributed by atoms with Crippen LogP contribution in [0.2, 0.25) is 0 Å². The van der Waals surface area contributed by atoms with Crippen LogP contribution in [0.5, 0.6) is 5.75 Å². The predicted molar refractivity (Wildman–Crippen MR) is 120 cm³/mol. The number of hydrogen-bond donors (Lipinski definition) is 1. The Labute approximate surface area is 181 Å². The molecule has 2 aromatic carbocycles. The SMILES string of the molecule is CCCN(CC(=O)Nc1ccccc1OC)C(=O)Cn1c(=O)n(CC)c2ccccc21. The Morgan fingerprint density at radius 3 is 2.29 bits per heavy atom. The minimum Gasteiger partial charge on any atom is -0.495 e. The molecule has 1 aromatic heterocycles. The Morgan fingerprint density at radius 1 is 1.00 bits per heavy atom. The van der Waals surface area contributed by atoms with E-state index in [2.05, 4.69) is 5.32 Å². The molecule has 0 radical (unpaired) electrons. The van der Waals surface area contributed by atoms with Crippen molar-refractivity contribution in [1.82, 2.24) is 14.0 Å². The van der Waals surface area contributed by atoms with Crippen LogP contribution in [0.3, 0.4) is 0 Å². The number of aryl methyl sites for hydroxylation is 1. The zero-order chi connectivity index (χ0) is 22.4. The number of nitrogens with zero attached hydrogens (tertiary/aromatic N) is 3. The minimum absolute atomic E-state index is 0.105. The van der Waals surface area contributed by atoms with Crippen molar-refractivity contribution >= 4 is 28.5 Å². The molecule has 8 heteroatoms. The molecule has 8 nitrogen and oxygen atoms in total. The first-order chi connectivity index (χ1) is 15.0. The summed E-state index contributed by atoms with van der Waals surface area (Å²) >= 11 is 0. The van der Waals surface area contributed by atoms with E-state index >= 15 is 0 Å². The molecule has 0 unspecified atom stereocenters. The number of fused-ring (bicyclic) bond motifs is 1. The van der Waals surface area contributed by atoms with Crippen LogP contribution in [-0.2, 0) is 22.7 Å². The molecule has 1 heterocycles. The Bertz CT molecular complexity index is 1130. The number of aromatic nitrogens is 2. The van der Waals surface area contributed by atoms with Gasteiger partial charge in [-0.2, -0.15) is 0 Å². The van der Waals surface area contributed by atoms with Gasteiger partial charge in [-0.05, 0) is 37.6 Å². The Hall–Kier alpha value is -3.55. The average molecular weight is 425 g/mol. The number of carbonyl (C=O) groups is 2. The van der Waals surface area contributed by atoms with Gasteiger partial charge in [-0.25, -0.2) is 4.79 Å². The third kappa shape index (κ3) is 4.79. The number of anilines is 1. The van der Waals surface area contributed by atoms with Crippen LogP contribution in [0.15, 0.2) is 53.3 Å². The minimum atomic E-state index is -0.324. The summed E-state index contributed by atoms with van der Waals surface area (Å²) in [4.78, 5) is 40.0. The Kier molecular flexibility index (Phi) is 7.12. The van der Waals surface area contributed by atoms with Crippen molar-refractivity contribution in [3.63, 3.8) is 0 Å². The number of ether oxygens (including phenoxy) is 1. The van der Waals surface area contributed by atoms with Crippen LogP contribution in [-0.4, -0.2) is 46.0 Å². The number of methoxy groups -OCH3 is 1. The molecule has 0 bridgehead atoms. The van der Waals surface area contributed by atoms with Gasteiger partial charge in [0.15, 0.2) is 0 Å². The van der Waals surface area contributed by atoms with Crippen molar-refractivity contribution in [2.75, 3.05) is 25.5 Å². The summed E-state index contributed by atoms with van der Waals surface area (Å²) in [5.74, 6) is -0.0593. The topological polar surface area (TPSA) is 85.6 Å². The van der Waals surface area contributed by atoms with Crippen molar-refractivity contribution in [3.8, 4) is 5.75 Å². The van der Waals surface area contributed by atoms with E-state index in [-0.39, 0.29) is 30.6 Å². The number of para-hydroxylation sites is 4. The monoisotopic (exact) mass is 424 g/mol. The summed E-state index contributed by atoms with van der Waals surface area (Å²) in [5.41, 5.74) is 1.81. The second kappa shape index (κ2) is 9.97. The van der Waals surface area contributed by atoms with E-state index in [4.69, 9.17) is 4.74 Å². The number of nitrogens with one attached hydrogen (secondary N) is 1. The number of rotatable bonds is 9. The van der Waals surface area contributed by atoms with Crippen LogP contribution < -0.4 is 15.7 Å². The number of amides is 2. The van der Waals surface area contributed by atoms with Crippen molar-refractivity contribution < 1.29 is 14.3 Å². The van der Waals surface area contributed by atoms with Gasteiger partial charge in [-0.1, -0.05) is 31.2 Å². The second-order valence-corrected chi connectivity index (χ2v) is 7.17. The lowest BCUT2D eigenvalue weighted by Crippen LogP contribution is -2.41. The van der Waals surface area contributed by atoms with Gasteiger partial charge in [-0.3, -0.25) is 18.7 Å². The predicted octanol–water partition coefficient (Wildman–Crippen LogP) is 2.71. The zero-order valence-corrected chi connectivity index (χ0v) is 18.1. The van der Waals surface area contributed by atoms with Gasteiger partial charge < -0.3 is 15.0 Å². The quantitative estimate of drug-likeness (QED) is 0.572. The molecular weight excluding hydrogens is 396 g/mol. The first kappa shape index (κ1) is 22.1. The third-order valence-corrected chi connectivity index (χ3v) is 5.10. The molecule has 0 aliphatic heterocycles. The molecule has 0 fully saturated rings. The fourth-order valence-electron chi connectivity index (χ4n) is 3.64. The standard InChI is InChI=1S/C23H28N4O4/c1-4-14-25(15-21(28)24-17-10-6-9-13-20(17)31-3)22(29)16-27-19-12-8-7-11-18(19)26(5-2)23(27)30/h6-13H,4-5,14-16H2,1-3H3,(H,24,28). The van der Waals surface area contributed by atoms with Gasteiger partial charge in [-0.15, -0.1) is 0 Å².